The second kappa shape index (κ2) is 7.21. The maximum atomic E-state index is 12.2. The number of amides is 1. The minimum Gasteiger partial charge on any atom is -0.493 e. The molecule has 7 nitrogen and oxygen atoms in total. The number of nitrogens with one attached hydrogen (secondary N) is 1. The molecule has 0 unspecified atom stereocenters. The van der Waals surface area contributed by atoms with E-state index in [2.05, 4.69) is 11.4 Å². The Kier molecular flexibility index (Phi) is 5.29. The van der Waals surface area contributed by atoms with Crippen molar-refractivity contribution in [3.05, 3.63) is 23.8 Å². The zero-order chi connectivity index (χ0) is 17.7. The molecule has 0 aromatic heterocycles. The fraction of sp³-hybridized carbons (Fsp3) is 0.471. The molecule has 0 saturated heterocycles. The summed E-state index contributed by atoms with van der Waals surface area (Å²) >= 11 is 0. The van der Waals surface area contributed by atoms with Gasteiger partial charge in [-0.1, -0.05) is 6.07 Å². The second-order valence-corrected chi connectivity index (χ2v) is 5.75. The van der Waals surface area contributed by atoms with Crippen molar-refractivity contribution in [2.24, 2.45) is 5.92 Å². The number of nitrogens with zero attached hydrogens (tertiary/aromatic N) is 1. The number of para-hydroxylation sites is 1. The first-order valence-electron chi connectivity index (χ1n) is 7.55. The van der Waals surface area contributed by atoms with E-state index in [0.717, 1.165) is 12.8 Å². The first kappa shape index (κ1) is 17.6. The SMILES string of the molecule is COc1cccc(C(=O)OCC(=O)N[C@](C)(C#N)C2CC2)c1OC. The Labute approximate surface area is 140 Å². The van der Waals surface area contributed by atoms with Gasteiger partial charge in [-0.3, -0.25) is 4.79 Å². The predicted octanol–water partition coefficient (Wildman–Crippen LogP) is 1.67. The molecular weight excluding hydrogens is 312 g/mol. The highest BCUT2D eigenvalue weighted by atomic mass is 16.5. The molecule has 0 spiro atoms. The van der Waals surface area contributed by atoms with Crippen LogP contribution in [0.3, 0.4) is 0 Å². The van der Waals surface area contributed by atoms with E-state index in [9.17, 15) is 14.9 Å². The summed E-state index contributed by atoms with van der Waals surface area (Å²) in [6.45, 7) is 1.21. The van der Waals surface area contributed by atoms with Crippen molar-refractivity contribution in [2.75, 3.05) is 20.8 Å². The van der Waals surface area contributed by atoms with E-state index in [1.807, 2.05) is 0 Å². The minimum absolute atomic E-state index is 0.153. The molecule has 1 amide bonds. The van der Waals surface area contributed by atoms with E-state index in [-0.39, 0.29) is 17.2 Å². The molecule has 0 radical (unpaired) electrons. The van der Waals surface area contributed by atoms with Crippen LogP contribution in [0.25, 0.3) is 0 Å². The maximum absolute atomic E-state index is 12.2. The van der Waals surface area contributed by atoms with Crippen LogP contribution in [-0.2, 0) is 9.53 Å². The number of methoxy groups -OCH3 is 2. The molecule has 1 fully saturated rings. The van der Waals surface area contributed by atoms with Gasteiger partial charge in [0.15, 0.2) is 18.1 Å². The van der Waals surface area contributed by atoms with Crippen LogP contribution in [0, 0.1) is 17.2 Å². The summed E-state index contributed by atoms with van der Waals surface area (Å²) in [4.78, 5) is 24.1. The minimum atomic E-state index is -0.919. The number of benzene rings is 1. The molecule has 0 aliphatic heterocycles. The van der Waals surface area contributed by atoms with Gasteiger partial charge in [0, 0.05) is 0 Å². The van der Waals surface area contributed by atoms with Gasteiger partial charge in [-0.05, 0) is 37.8 Å². The van der Waals surface area contributed by atoms with Crippen LogP contribution in [0.15, 0.2) is 18.2 Å². The summed E-state index contributed by atoms with van der Waals surface area (Å²) in [6.07, 6.45) is 1.82. The third kappa shape index (κ3) is 3.77. The Morgan fingerprint density at radius 2 is 2.04 bits per heavy atom. The number of carbonyl (C=O) groups is 2. The number of ether oxygens (including phenoxy) is 3. The highest BCUT2D eigenvalue weighted by molar-refractivity contribution is 5.95. The number of hydrogen-bond acceptors (Lipinski definition) is 6. The smallest absolute Gasteiger partial charge is 0.342 e. The van der Waals surface area contributed by atoms with Gasteiger partial charge in [-0.15, -0.1) is 0 Å². The number of esters is 1. The monoisotopic (exact) mass is 332 g/mol. The number of hydrogen-bond donors (Lipinski definition) is 1. The second-order valence-electron chi connectivity index (χ2n) is 5.75. The topological polar surface area (TPSA) is 97.6 Å². The summed E-state index contributed by atoms with van der Waals surface area (Å²) in [6, 6.07) is 6.91. The van der Waals surface area contributed by atoms with Gasteiger partial charge in [-0.25, -0.2) is 4.79 Å². The first-order valence-corrected chi connectivity index (χ1v) is 7.55. The van der Waals surface area contributed by atoms with Gasteiger partial charge in [0.25, 0.3) is 5.91 Å². The lowest BCUT2D eigenvalue weighted by molar-refractivity contribution is -0.125. The molecule has 128 valence electrons. The van der Waals surface area contributed by atoms with Crippen molar-refractivity contribution in [1.29, 1.82) is 5.26 Å². The molecule has 1 N–H and O–H groups in total. The van der Waals surface area contributed by atoms with E-state index < -0.39 is 24.0 Å². The van der Waals surface area contributed by atoms with E-state index in [1.165, 1.54) is 20.3 Å². The standard InChI is InChI=1S/C17H20N2O5/c1-17(10-18,11-7-8-11)19-14(20)9-24-16(21)12-5-4-6-13(22-2)15(12)23-3/h4-6,11H,7-9H2,1-3H3,(H,19,20)/t17-/m1/s1. The maximum Gasteiger partial charge on any atom is 0.342 e. The highest BCUT2D eigenvalue weighted by Gasteiger charge is 2.43. The molecule has 7 heteroatoms. The van der Waals surface area contributed by atoms with Gasteiger partial charge in [0.1, 0.15) is 11.1 Å². The van der Waals surface area contributed by atoms with E-state index in [1.54, 1.807) is 19.1 Å². The Balaban J connectivity index is 1.98. The van der Waals surface area contributed by atoms with Crippen LogP contribution in [0.5, 0.6) is 11.5 Å². The molecule has 1 saturated carbocycles. The molecular formula is C17H20N2O5. The van der Waals surface area contributed by atoms with Gasteiger partial charge >= 0.3 is 5.97 Å². The van der Waals surface area contributed by atoms with Gasteiger partial charge in [0.2, 0.25) is 0 Å². The van der Waals surface area contributed by atoms with Crippen molar-refractivity contribution >= 4 is 11.9 Å². The number of nitriles is 1. The van der Waals surface area contributed by atoms with Crippen LogP contribution < -0.4 is 14.8 Å². The average molecular weight is 332 g/mol. The van der Waals surface area contributed by atoms with E-state index in [4.69, 9.17) is 14.2 Å². The molecule has 1 aliphatic carbocycles. The van der Waals surface area contributed by atoms with Crippen molar-refractivity contribution in [2.45, 2.75) is 25.3 Å². The third-order valence-electron chi connectivity index (χ3n) is 3.98. The van der Waals surface area contributed by atoms with Gasteiger partial charge < -0.3 is 19.5 Å². The molecule has 1 atom stereocenters. The van der Waals surface area contributed by atoms with Crippen LogP contribution in [0.2, 0.25) is 0 Å². The normalized spacial score (nSPS) is 15.6. The van der Waals surface area contributed by atoms with Crippen LogP contribution >= 0.6 is 0 Å². The van der Waals surface area contributed by atoms with Gasteiger partial charge in [-0.2, -0.15) is 5.26 Å². The van der Waals surface area contributed by atoms with Crippen molar-refractivity contribution < 1.29 is 23.8 Å². The Morgan fingerprint density at radius 1 is 1.33 bits per heavy atom. The summed E-state index contributed by atoms with van der Waals surface area (Å²) in [7, 11) is 2.87. The first-order chi connectivity index (χ1) is 11.4. The van der Waals surface area contributed by atoms with E-state index in [0.29, 0.717) is 5.75 Å². The van der Waals surface area contributed by atoms with Crippen molar-refractivity contribution in [1.82, 2.24) is 5.32 Å². The Bertz CT molecular complexity index is 678. The molecule has 1 aliphatic rings. The molecule has 2 rings (SSSR count). The predicted molar refractivity (Wildman–Crippen MR) is 84.7 cm³/mol. The van der Waals surface area contributed by atoms with Crippen LogP contribution in [0.1, 0.15) is 30.1 Å². The lowest BCUT2D eigenvalue weighted by atomic mass is 9.98. The summed E-state index contributed by atoms with van der Waals surface area (Å²) in [5.41, 5.74) is -0.758. The summed E-state index contributed by atoms with van der Waals surface area (Å²) in [5.74, 6) is -0.430. The molecule has 1 aromatic rings. The third-order valence-corrected chi connectivity index (χ3v) is 3.98. The lowest BCUT2D eigenvalue weighted by Gasteiger charge is -2.22. The van der Waals surface area contributed by atoms with Crippen LogP contribution in [-0.4, -0.2) is 38.2 Å². The fourth-order valence-corrected chi connectivity index (χ4v) is 2.46. The number of carbonyl (C=O) groups excluding carboxylic acids is 2. The summed E-state index contributed by atoms with van der Waals surface area (Å²) in [5, 5.41) is 11.9. The average Bonchev–Trinajstić information content (AvgIpc) is 3.44. The zero-order valence-electron chi connectivity index (χ0n) is 13.9. The molecule has 24 heavy (non-hydrogen) atoms. The lowest BCUT2D eigenvalue weighted by Crippen LogP contribution is -2.48. The largest absolute Gasteiger partial charge is 0.493 e. The molecule has 0 bridgehead atoms. The van der Waals surface area contributed by atoms with Crippen LogP contribution in [0.4, 0.5) is 0 Å². The van der Waals surface area contributed by atoms with Crippen molar-refractivity contribution in [3.63, 3.8) is 0 Å². The van der Waals surface area contributed by atoms with E-state index >= 15 is 0 Å². The Morgan fingerprint density at radius 3 is 2.58 bits per heavy atom. The zero-order valence-corrected chi connectivity index (χ0v) is 13.9. The quantitative estimate of drug-likeness (QED) is 0.763. The van der Waals surface area contributed by atoms with Crippen molar-refractivity contribution in [3.8, 4) is 17.6 Å². The highest BCUT2D eigenvalue weighted by Crippen LogP contribution is 2.39. The fourth-order valence-electron chi connectivity index (χ4n) is 2.46. The number of rotatable bonds is 7. The molecule has 0 heterocycles. The molecule has 1 aromatic carbocycles. The Hall–Kier alpha value is -2.75. The van der Waals surface area contributed by atoms with Gasteiger partial charge in [0.05, 0.1) is 20.3 Å². The summed E-state index contributed by atoms with van der Waals surface area (Å²) < 4.78 is 15.3.